The molecule has 6 heteroatoms. The Hall–Kier alpha value is -1.52. The van der Waals surface area contributed by atoms with Crippen LogP contribution in [-0.2, 0) is 6.54 Å². The lowest BCUT2D eigenvalue weighted by atomic mass is 10.2. The second-order valence-electron chi connectivity index (χ2n) is 3.85. The molecule has 2 aromatic rings. The fourth-order valence-electron chi connectivity index (χ4n) is 1.63. The van der Waals surface area contributed by atoms with E-state index < -0.39 is 5.97 Å². The van der Waals surface area contributed by atoms with Gasteiger partial charge in [0.15, 0.2) is 0 Å². The lowest BCUT2D eigenvalue weighted by Crippen LogP contribution is -2.05. The van der Waals surface area contributed by atoms with Gasteiger partial charge in [-0.05, 0) is 24.6 Å². The molecule has 1 N–H and O–H groups in total. The molecule has 1 aromatic heterocycles. The van der Waals surface area contributed by atoms with Gasteiger partial charge in [-0.25, -0.2) is 4.79 Å². The van der Waals surface area contributed by atoms with E-state index in [2.05, 4.69) is 5.10 Å². The first-order valence-electron chi connectivity index (χ1n) is 5.18. The summed E-state index contributed by atoms with van der Waals surface area (Å²) < 4.78 is 1.61. The van der Waals surface area contributed by atoms with Gasteiger partial charge in [-0.15, -0.1) is 0 Å². The third-order valence-electron chi connectivity index (χ3n) is 2.65. The molecule has 2 rings (SSSR count). The van der Waals surface area contributed by atoms with Crippen LogP contribution in [0.25, 0.3) is 0 Å². The van der Waals surface area contributed by atoms with Crippen LogP contribution in [0.2, 0.25) is 10.0 Å². The number of carboxylic acid groups (broad SMARTS) is 1. The Morgan fingerprint density at radius 1 is 1.39 bits per heavy atom. The molecule has 94 valence electrons. The lowest BCUT2D eigenvalue weighted by Gasteiger charge is -2.06. The van der Waals surface area contributed by atoms with Gasteiger partial charge in [0.1, 0.15) is 5.56 Å². The molecular weight excluding hydrogens is 275 g/mol. The van der Waals surface area contributed by atoms with Crippen LogP contribution in [0.4, 0.5) is 0 Å². The number of benzene rings is 1. The van der Waals surface area contributed by atoms with Crippen molar-refractivity contribution in [3.8, 4) is 0 Å². The SMILES string of the molecule is Cc1c(C(=O)O)cnn1Cc1ccc(Cl)c(Cl)c1. The molecule has 0 amide bonds. The van der Waals surface area contributed by atoms with Crippen LogP contribution in [0.15, 0.2) is 24.4 Å². The Morgan fingerprint density at radius 2 is 2.11 bits per heavy atom. The van der Waals surface area contributed by atoms with Gasteiger partial charge in [0.25, 0.3) is 0 Å². The topological polar surface area (TPSA) is 55.1 Å². The monoisotopic (exact) mass is 284 g/mol. The third kappa shape index (κ3) is 2.49. The number of hydrogen-bond acceptors (Lipinski definition) is 2. The molecule has 0 radical (unpaired) electrons. The average molecular weight is 285 g/mol. The summed E-state index contributed by atoms with van der Waals surface area (Å²) in [5, 5.41) is 13.9. The zero-order valence-electron chi connectivity index (χ0n) is 9.52. The minimum Gasteiger partial charge on any atom is -0.478 e. The van der Waals surface area contributed by atoms with E-state index in [0.29, 0.717) is 22.3 Å². The maximum atomic E-state index is 10.9. The molecule has 0 saturated heterocycles. The molecule has 0 saturated carbocycles. The first-order valence-corrected chi connectivity index (χ1v) is 5.94. The molecule has 0 aliphatic rings. The quantitative estimate of drug-likeness (QED) is 0.941. The van der Waals surface area contributed by atoms with Gasteiger partial charge in [-0.3, -0.25) is 4.68 Å². The molecule has 18 heavy (non-hydrogen) atoms. The minimum atomic E-state index is -0.979. The Kier molecular flexibility index (Phi) is 3.59. The minimum absolute atomic E-state index is 0.204. The fourth-order valence-corrected chi connectivity index (χ4v) is 1.95. The summed E-state index contributed by atoms with van der Waals surface area (Å²) in [6.07, 6.45) is 1.34. The van der Waals surface area contributed by atoms with Crippen LogP contribution in [-0.4, -0.2) is 20.9 Å². The Balaban J connectivity index is 2.29. The van der Waals surface area contributed by atoms with Crippen LogP contribution in [0.3, 0.4) is 0 Å². The zero-order valence-corrected chi connectivity index (χ0v) is 11.0. The standard InChI is InChI=1S/C12H10Cl2N2O2/c1-7-9(12(17)18)5-15-16(7)6-8-2-3-10(13)11(14)4-8/h2-5H,6H2,1H3,(H,17,18). The highest BCUT2D eigenvalue weighted by Crippen LogP contribution is 2.23. The summed E-state index contributed by atoms with van der Waals surface area (Å²) in [7, 11) is 0. The van der Waals surface area contributed by atoms with Crippen molar-refractivity contribution in [2.75, 3.05) is 0 Å². The smallest absolute Gasteiger partial charge is 0.339 e. The van der Waals surface area contributed by atoms with E-state index in [-0.39, 0.29) is 5.56 Å². The highest BCUT2D eigenvalue weighted by molar-refractivity contribution is 6.42. The van der Waals surface area contributed by atoms with Gasteiger partial charge in [-0.2, -0.15) is 5.10 Å². The molecule has 4 nitrogen and oxygen atoms in total. The normalized spacial score (nSPS) is 10.6. The summed E-state index contributed by atoms with van der Waals surface area (Å²) in [5.74, 6) is -0.979. The largest absolute Gasteiger partial charge is 0.478 e. The van der Waals surface area contributed by atoms with E-state index in [0.717, 1.165) is 5.56 Å². The summed E-state index contributed by atoms with van der Waals surface area (Å²) in [5.41, 5.74) is 1.72. The Morgan fingerprint density at radius 3 is 2.67 bits per heavy atom. The predicted molar refractivity (Wildman–Crippen MR) is 69.5 cm³/mol. The van der Waals surface area contributed by atoms with Crippen LogP contribution >= 0.6 is 23.2 Å². The summed E-state index contributed by atoms with van der Waals surface area (Å²) in [6, 6.07) is 5.28. The van der Waals surface area contributed by atoms with E-state index in [9.17, 15) is 4.79 Å². The first-order chi connectivity index (χ1) is 8.49. The van der Waals surface area contributed by atoms with E-state index in [1.54, 1.807) is 23.7 Å². The van der Waals surface area contributed by atoms with Crippen molar-refractivity contribution in [1.82, 2.24) is 9.78 Å². The van der Waals surface area contributed by atoms with Crippen molar-refractivity contribution in [2.24, 2.45) is 0 Å². The number of halogens is 2. The maximum absolute atomic E-state index is 10.9. The molecule has 0 fully saturated rings. The number of aromatic carboxylic acids is 1. The van der Waals surface area contributed by atoms with Crippen LogP contribution in [0, 0.1) is 6.92 Å². The van der Waals surface area contributed by atoms with Gasteiger partial charge in [0.05, 0.1) is 28.5 Å². The van der Waals surface area contributed by atoms with Crippen LogP contribution in [0.5, 0.6) is 0 Å². The number of carbonyl (C=O) groups is 1. The highest BCUT2D eigenvalue weighted by Gasteiger charge is 2.13. The van der Waals surface area contributed by atoms with Gasteiger partial charge in [0.2, 0.25) is 0 Å². The molecule has 0 bridgehead atoms. The molecule has 0 atom stereocenters. The number of rotatable bonds is 3. The number of nitrogens with zero attached hydrogens (tertiary/aromatic N) is 2. The zero-order chi connectivity index (χ0) is 13.3. The van der Waals surface area contributed by atoms with Gasteiger partial charge in [-0.1, -0.05) is 29.3 Å². The van der Waals surface area contributed by atoms with Gasteiger partial charge in [0, 0.05) is 0 Å². The van der Waals surface area contributed by atoms with E-state index in [1.807, 2.05) is 6.07 Å². The second-order valence-corrected chi connectivity index (χ2v) is 4.67. The highest BCUT2D eigenvalue weighted by atomic mass is 35.5. The Bertz CT molecular complexity index is 608. The van der Waals surface area contributed by atoms with Crippen molar-refractivity contribution in [2.45, 2.75) is 13.5 Å². The molecule has 1 heterocycles. The van der Waals surface area contributed by atoms with Crippen LogP contribution in [0.1, 0.15) is 21.6 Å². The molecule has 0 aliphatic heterocycles. The molecular formula is C12H10Cl2N2O2. The maximum Gasteiger partial charge on any atom is 0.339 e. The van der Waals surface area contributed by atoms with Crippen molar-refractivity contribution in [3.63, 3.8) is 0 Å². The first kappa shape index (κ1) is 12.9. The third-order valence-corrected chi connectivity index (χ3v) is 3.39. The van der Waals surface area contributed by atoms with Crippen molar-refractivity contribution < 1.29 is 9.90 Å². The Labute approximate surface area is 114 Å². The van der Waals surface area contributed by atoms with Crippen LogP contribution < -0.4 is 0 Å². The summed E-state index contributed by atoms with van der Waals surface area (Å²) in [6.45, 7) is 2.17. The van der Waals surface area contributed by atoms with E-state index >= 15 is 0 Å². The molecule has 1 aromatic carbocycles. The van der Waals surface area contributed by atoms with Gasteiger partial charge < -0.3 is 5.11 Å². The van der Waals surface area contributed by atoms with Crippen molar-refractivity contribution >= 4 is 29.2 Å². The second kappa shape index (κ2) is 5.00. The molecule has 0 spiro atoms. The van der Waals surface area contributed by atoms with Crippen molar-refractivity contribution in [1.29, 1.82) is 0 Å². The number of aromatic nitrogens is 2. The molecule has 0 aliphatic carbocycles. The summed E-state index contributed by atoms with van der Waals surface area (Å²) >= 11 is 11.7. The summed E-state index contributed by atoms with van der Waals surface area (Å²) in [4.78, 5) is 10.9. The number of carboxylic acids is 1. The van der Waals surface area contributed by atoms with Gasteiger partial charge >= 0.3 is 5.97 Å². The number of hydrogen-bond donors (Lipinski definition) is 1. The average Bonchev–Trinajstić information content (AvgIpc) is 2.66. The van der Waals surface area contributed by atoms with E-state index in [4.69, 9.17) is 28.3 Å². The predicted octanol–water partition coefficient (Wildman–Crippen LogP) is 3.24. The van der Waals surface area contributed by atoms with E-state index in [1.165, 1.54) is 6.20 Å². The fraction of sp³-hybridized carbons (Fsp3) is 0.167. The lowest BCUT2D eigenvalue weighted by molar-refractivity contribution is 0.0696. The van der Waals surface area contributed by atoms with Crippen molar-refractivity contribution in [3.05, 3.63) is 51.3 Å². The molecule has 0 unspecified atom stereocenters.